The third-order valence-corrected chi connectivity index (χ3v) is 3.31. The summed E-state index contributed by atoms with van der Waals surface area (Å²) in [6, 6.07) is 9.75. The molecule has 0 aliphatic carbocycles. The van der Waals surface area contributed by atoms with Gasteiger partial charge in [-0.05, 0) is 18.4 Å². The standard InChI is InChI=1S/C15H18N2O2/c1-17-10-9-16-14(17)8-7-13(15(18)19)11-12-5-3-2-4-6-12/h2-6,9-10,13H,7-8,11H2,1H3,(H,18,19). The Kier molecular flexibility index (Phi) is 4.34. The van der Waals surface area contributed by atoms with Crippen LogP contribution in [0.3, 0.4) is 0 Å². The second-order valence-corrected chi connectivity index (χ2v) is 4.72. The van der Waals surface area contributed by atoms with Crippen LogP contribution in [0.2, 0.25) is 0 Å². The number of carboxylic acids is 1. The summed E-state index contributed by atoms with van der Waals surface area (Å²) in [6.45, 7) is 0. The van der Waals surface area contributed by atoms with E-state index in [0.29, 0.717) is 19.3 Å². The molecule has 0 bridgehead atoms. The van der Waals surface area contributed by atoms with E-state index in [4.69, 9.17) is 0 Å². The Morgan fingerprint density at radius 1 is 1.37 bits per heavy atom. The predicted molar refractivity (Wildman–Crippen MR) is 72.8 cm³/mol. The molecule has 1 atom stereocenters. The highest BCUT2D eigenvalue weighted by molar-refractivity contribution is 5.70. The molecule has 1 aromatic heterocycles. The van der Waals surface area contributed by atoms with Crippen LogP contribution in [0.4, 0.5) is 0 Å². The molecule has 0 amide bonds. The zero-order valence-corrected chi connectivity index (χ0v) is 11.0. The van der Waals surface area contributed by atoms with Crippen LogP contribution in [0.1, 0.15) is 17.8 Å². The van der Waals surface area contributed by atoms with E-state index < -0.39 is 5.97 Å². The Hall–Kier alpha value is -2.10. The summed E-state index contributed by atoms with van der Waals surface area (Å²) in [6.07, 6.45) is 5.48. The summed E-state index contributed by atoms with van der Waals surface area (Å²) in [7, 11) is 1.93. The number of rotatable bonds is 6. The van der Waals surface area contributed by atoms with Crippen molar-refractivity contribution in [2.75, 3.05) is 0 Å². The lowest BCUT2D eigenvalue weighted by atomic mass is 9.95. The molecule has 1 unspecified atom stereocenters. The van der Waals surface area contributed by atoms with Crippen molar-refractivity contribution in [3.05, 3.63) is 54.1 Å². The van der Waals surface area contributed by atoms with Gasteiger partial charge >= 0.3 is 5.97 Å². The molecule has 100 valence electrons. The molecule has 2 rings (SSSR count). The number of nitrogens with zero attached hydrogens (tertiary/aromatic N) is 2. The lowest BCUT2D eigenvalue weighted by Gasteiger charge is -2.12. The van der Waals surface area contributed by atoms with Crippen molar-refractivity contribution in [3.8, 4) is 0 Å². The molecule has 0 saturated heterocycles. The number of hydrogen-bond donors (Lipinski definition) is 1. The van der Waals surface area contributed by atoms with Gasteiger partial charge in [-0.2, -0.15) is 0 Å². The molecular formula is C15H18N2O2. The highest BCUT2D eigenvalue weighted by atomic mass is 16.4. The van der Waals surface area contributed by atoms with Gasteiger partial charge in [0.25, 0.3) is 0 Å². The van der Waals surface area contributed by atoms with Crippen molar-refractivity contribution in [2.45, 2.75) is 19.3 Å². The maximum absolute atomic E-state index is 11.3. The van der Waals surface area contributed by atoms with Gasteiger partial charge in [-0.3, -0.25) is 4.79 Å². The quantitative estimate of drug-likeness (QED) is 0.865. The molecule has 0 spiro atoms. The summed E-state index contributed by atoms with van der Waals surface area (Å²) in [5.41, 5.74) is 1.06. The first-order valence-corrected chi connectivity index (χ1v) is 6.39. The first-order valence-electron chi connectivity index (χ1n) is 6.39. The number of aromatic nitrogens is 2. The fraction of sp³-hybridized carbons (Fsp3) is 0.333. The van der Waals surface area contributed by atoms with Crippen LogP contribution < -0.4 is 0 Å². The van der Waals surface area contributed by atoms with Crippen LogP contribution in [0, 0.1) is 5.92 Å². The highest BCUT2D eigenvalue weighted by Gasteiger charge is 2.18. The highest BCUT2D eigenvalue weighted by Crippen LogP contribution is 2.15. The third-order valence-electron chi connectivity index (χ3n) is 3.31. The molecule has 4 heteroatoms. The Bertz CT molecular complexity index is 534. The predicted octanol–water partition coefficient (Wildman–Crippen LogP) is 2.30. The monoisotopic (exact) mass is 258 g/mol. The minimum absolute atomic E-state index is 0.362. The van der Waals surface area contributed by atoms with Gasteiger partial charge in [-0.15, -0.1) is 0 Å². The molecule has 0 fully saturated rings. The van der Waals surface area contributed by atoms with E-state index in [0.717, 1.165) is 11.4 Å². The first-order chi connectivity index (χ1) is 9.16. The number of aryl methyl sites for hydroxylation is 2. The topological polar surface area (TPSA) is 55.1 Å². The lowest BCUT2D eigenvalue weighted by molar-refractivity contribution is -0.141. The number of aliphatic carboxylic acids is 1. The molecular weight excluding hydrogens is 240 g/mol. The minimum Gasteiger partial charge on any atom is -0.481 e. The number of benzene rings is 1. The fourth-order valence-electron chi connectivity index (χ4n) is 2.15. The zero-order valence-electron chi connectivity index (χ0n) is 11.0. The van der Waals surface area contributed by atoms with E-state index in [-0.39, 0.29) is 5.92 Å². The zero-order chi connectivity index (χ0) is 13.7. The van der Waals surface area contributed by atoms with Crippen LogP contribution in [-0.4, -0.2) is 20.6 Å². The van der Waals surface area contributed by atoms with Crippen LogP contribution in [0.5, 0.6) is 0 Å². The van der Waals surface area contributed by atoms with E-state index in [1.165, 1.54) is 0 Å². The van der Waals surface area contributed by atoms with Crippen molar-refractivity contribution in [2.24, 2.45) is 13.0 Å². The molecule has 0 saturated carbocycles. The van der Waals surface area contributed by atoms with E-state index >= 15 is 0 Å². The van der Waals surface area contributed by atoms with Crippen molar-refractivity contribution in [1.29, 1.82) is 0 Å². The molecule has 0 aliphatic heterocycles. The number of carbonyl (C=O) groups is 1. The smallest absolute Gasteiger partial charge is 0.306 e. The summed E-state index contributed by atoms with van der Waals surface area (Å²) < 4.78 is 1.93. The molecule has 4 nitrogen and oxygen atoms in total. The Morgan fingerprint density at radius 2 is 2.11 bits per heavy atom. The summed E-state index contributed by atoms with van der Waals surface area (Å²) in [5, 5.41) is 9.31. The Labute approximate surface area is 112 Å². The van der Waals surface area contributed by atoms with Gasteiger partial charge in [-0.25, -0.2) is 4.98 Å². The average molecular weight is 258 g/mol. The maximum Gasteiger partial charge on any atom is 0.306 e. The van der Waals surface area contributed by atoms with Crippen molar-refractivity contribution in [1.82, 2.24) is 9.55 Å². The SMILES string of the molecule is Cn1ccnc1CCC(Cc1ccccc1)C(=O)O. The maximum atomic E-state index is 11.3. The van der Waals surface area contributed by atoms with E-state index in [1.807, 2.05) is 48.1 Å². The lowest BCUT2D eigenvalue weighted by Crippen LogP contribution is -2.18. The van der Waals surface area contributed by atoms with Gasteiger partial charge in [0.2, 0.25) is 0 Å². The number of hydrogen-bond acceptors (Lipinski definition) is 2. The van der Waals surface area contributed by atoms with Crippen LogP contribution in [0.15, 0.2) is 42.7 Å². The van der Waals surface area contributed by atoms with E-state index in [1.54, 1.807) is 6.20 Å². The summed E-state index contributed by atoms with van der Waals surface area (Å²) in [4.78, 5) is 15.5. The molecule has 19 heavy (non-hydrogen) atoms. The van der Waals surface area contributed by atoms with E-state index in [9.17, 15) is 9.90 Å². The van der Waals surface area contributed by atoms with Crippen molar-refractivity contribution < 1.29 is 9.90 Å². The van der Waals surface area contributed by atoms with Gasteiger partial charge in [0, 0.05) is 25.9 Å². The average Bonchev–Trinajstić information content (AvgIpc) is 2.81. The summed E-state index contributed by atoms with van der Waals surface area (Å²) in [5.74, 6) is -0.170. The number of carboxylic acid groups (broad SMARTS) is 1. The molecule has 1 aromatic carbocycles. The van der Waals surface area contributed by atoms with Crippen molar-refractivity contribution in [3.63, 3.8) is 0 Å². The second kappa shape index (κ2) is 6.18. The first kappa shape index (κ1) is 13.3. The molecule has 0 radical (unpaired) electrons. The van der Waals surface area contributed by atoms with Gasteiger partial charge < -0.3 is 9.67 Å². The van der Waals surface area contributed by atoms with Crippen molar-refractivity contribution >= 4 is 5.97 Å². The largest absolute Gasteiger partial charge is 0.481 e. The molecule has 1 heterocycles. The second-order valence-electron chi connectivity index (χ2n) is 4.72. The van der Waals surface area contributed by atoms with Gasteiger partial charge in [0.1, 0.15) is 5.82 Å². The summed E-state index contributed by atoms with van der Waals surface area (Å²) >= 11 is 0. The molecule has 1 N–H and O–H groups in total. The normalized spacial score (nSPS) is 12.3. The fourth-order valence-corrected chi connectivity index (χ4v) is 2.15. The minimum atomic E-state index is -0.738. The van der Waals surface area contributed by atoms with E-state index in [2.05, 4.69) is 4.98 Å². The van der Waals surface area contributed by atoms with Crippen LogP contribution in [-0.2, 0) is 24.7 Å². The number of imidazole rings is 1. The van der Waals surface area contributed by atoms with Crippen LogP contribution >= 0.6 is 0 Å². The van der Waals surface area contributed by atoms with Gasteiger partial charge in [-0.1, -0.05) is 30.3 Å². The molecule has 2 aromatic rings. The van der Waals surface area contributed by atoms with Gasteiger partial charge in [0.15, 0.2) is 0 Å². The Balaban J connectivity index is 1.97. The van der Waals surface area contributed by atoms with Crippen LogP contribution in [0.25, 0.3) is 0 Å². The molecule has 0 aliphatic rings. The Morgan fingerprint density at radius 3 is 2.68 bits per heavy atom. The van der Waals surface area contributed by atoms with Gasteiger partial charge in [0.05, 0.1) is 5.92 Å². The third kappa shape index (κ3) is 3.68.